The largest absolute Gasteiger partial charge is 0.354 e. The molecule has 0 saturated carbocycles. The molecule has 0 spiro atoms. The van der Waals surface area contributed by atoms with Gasteiger partial charge in [0.1, 0.15) is 0 Å². The van der Waals surface area contributed by atoms with Crippen LogP contribution in [0.15, 0.2) is 36.4 Å². The van der Waals surface area contributed by atoms with Crippen LogP contribution in [0.1, 0.15) is 12.8 Å². The molecule has 1 fully saturated rings. The number of hydrogen-bond acceptors (Lipinski definition) is 7. The number of nitrogens with zero attached hydrogens (tertiary/aromatic N) is 7. The first-order chi connectivity index (χ1) is 13.6. The van der Waals surface area contributed by atoms with E-state index in [1.165, 1.54) is 0 Å². The minimum Gasteiger partial charge on any atom is -0.354 e. The molecule has 1 aromatic carbocycles. The molecule has 10 heteroatoms. The average Bonchev–Trinajstić information content (AvgIpc) is 3.15. The van der Waals surface area contributed by atoms with Gasteiger partial charge < -0.3 is 10.2 Å². The van der Waals surface area contributed by atoms with Gasteiger partial charge in [-0.25, -0.2) is 4.68 Å². The number of anilines is 2. The van der Waals surface area contributed by atoms with E-state index in [1.54, 1.807) is 17.8 Å². The molecular weight excluding hydrogens is 380 g/mol. The van der Waals surface area contributed by atoms with Crippen LogP contribution in [0.4, 0.5) is 11.5 Å². The lowest BCUT2D eigenvalue weighted by Crippen LogP contribution is -2.41. The average molecular weight is 399 g/mol. The van der Waals surface area contributed by atoms with Crippen molar-refractivity contribution >= 4 is 29.0 Å². The van der Waals surface area contributed by atoms with Crippen molar-refractivity contribution in [3.63, 3.8) is 0 Å². The lowest BCUT2D eigenvalue weighted by Gasteiger charge is -2.32. The number of hydrogen-bond donors (Lipinski definition) is 1. The fourth-order valence-corrected chi connectivity index (χ4v) is 3.43. The number of tetrazole rings is 1. The van der Waals surface area contributed by atoms with Gasteiger partial charge in [0.15, 0.2) is 16.8 Å². The van der Waals surface area contributed by atoms with Gasteiger partial charge in [0.05, 0.1) is 5.92 Å². The molecule has 1 saturated heterocycles. The van der Waals surface area contributed by atoms with Gasteiger partial charge in [-0.3, -0.25) is 4.79 Å². The number of aryl methyl sites for hydroxylation is 1. The highest BCUT2D eigenvalue weighted by atomic mass is 35.5. The highest BCUT2D eigenvalue weighted by molar-refractivity contribution is 6.29. The van der Waals surface area contributed by atoms with Crippen molar-refractivity contribution in [1.29, 1.82) is 0 Å². The quantitative estimate of drug-likeness (QED) is 0.718. The van der Waals surface area contributed by atoms with E-state index in [-0.39, 0.29) is 11.8 Å². The summed E-state index contributed by atoms with van der Waals surface area (Å²) in [6.45, 7) is 1.43. The second-order valence-electron chi connectivity index (χ2n) is 6.70. The van der Waals surface area contributed by atoms with E-state index in [9.17, 15) is 4.79 Å². The molecule has 28 heavy (non-hydrogen) atoms. The van der Waals surface area contributed by atoms with Crippen LogP contribution >= 0.6 is 11.6 Å². The molecular formula is C18H19ClN8O. The molecule has 0 aliphatic carbocycles. The van der Waals surface area contributed by atoms with Gasteiger partial charge in [-0.2, -0.15) is 0 Å². The zero-order valence-electron chi connectivity index (χ0n) is 15.3. The lowest BCUT2D eigenvalue weighted by molar-refractivity contribution is -0.120. The van der Waals surface area contributed by atoms with E-state index in [1.807, 2.05) is 30.3 Å². The summed E-state index contributed by atoms with van der Waals surface area (Å²) in [6.07, 6.45) is 1.74. The Bertz CT molecular complexity index is 974. The maximum atomic E-state index is 12.8. The number of rotatable bonds is 4. The molecule has 3 aromatic rings. The Hall–Kier alpha value is -3.07. The summed E-state index contributed by atoms with van der Waals surface area (Å²) in [5, 5.41) is 22.9. The van der Waals surface area contributed by atoms with Gasteiger partial charge in [-0.1, -0.05) is 23.7 Å². The summed E-state index contributed by atoms with van der Waals surface area (Å²) in [6, 6.07) is 11.0. The van der Waals surface area contributed by atoms with Gasteiger partial charge in [-0.15, -0.1) is 15.3 Å². The highest BCUT2D eigenvalue weighted by Crippen LogP contribution is 2.24. The molecule has 0 radical (unpaired) electrons. The number of nitrogens with one attached hydrogen (secondary N) is 1. The predicted molar refractivity (Wildman–Crippen MR) is 105 cm³/mol. The molecule has 1 N–H and O–H groups in total. The van der Waals surface area contributed by atoms with Crippen LogP contribution in [0.5, 0.6) is 0 Å². The Morgan fingerprint density at radius 3 is 2.86 bits per heavy atom. The van der Waals surface area contributed by atoms with Gasteiger partial charge in [-0.05, 0) is 47.5 Å². The maximum Gasteiger partial charge on any atom is 0.229 e. The van der Waals surface area contributed by atoms with Crippen molar-refractivity contribution < 1.29 is 4.79 Å². The lowest BCUT2D eigenvalue weighted by atomic mass is 9.97. The van der Waals surface area contributed by atoms with Crippen LogP contribution in [0.25, 0.3) is 11.4 Å². The Morgan fingerprint density at radius 2 is 2.11 bits per heavy atom. The van der Waals surface area contributed by atoms with Gasteiger partial charge in [0, 0.05) is 31.4 Å². The Labute approximate surface area is 166 Å². The molecule has 0 bridgehead atoms. The van der Waals surface area contributed by atoms with Crippen LogP contribution in [-0.4, -0.2) is 49.4 Å². The number of piperidine rings is 1. The minimum absolute atomic E-state index is 0.0140. The first-order valence-electron chi connectivity index (χ1n) is 8.98. The van der Waals surface area contributed by atoms with Crippen molar-refractivity contribution in [2.75, 3.05) is 23.3 Å². The summed E-state index contributed by atoms with van der Waals surface area (Å²) in [7, 11) is 1.77. The molecule has 2 aromatic heterocycles. The van der Waals surface area contributed by atoms with Crippen LogP contribution in [-0.2, 0) is 11.8 Å². The minimum atomic E-state index is -0.133. The predicted octanol–water partition coefficient (Wildman–Crippen LogP) is 2.18. The number of carbonyl (C=O) groups is 1. The first-order valence-corrected chi connectivity index (χ1v) is 9.36. The zero-order chi connectivity index (χ0) is 19.5. The van der Waals surface area contributed by atoms with Crippen molar-refractivity contribution in [1.82, 2.24) is 30.4 Å². The van der Waals surface area contributed by atoms with Crippen molar-refractivity contribution in [2.45, 2.75) is 12.8 Å². The number of aromatic nitrogens is 6. The summed E-state index contributed by atoms with van der Waals surface area (Å²) >= 11 is 5.81. The van der Waals surface area contributed by atoms with E-state index >= 15 is 0 Å². The Morgan fingerprint density at radius 1 is 1.21 bits per heavy atom. The maximum absolute atomic E-state index is 12.8. The Kier molecular flexibility index (Phi) is 5.16. The molecule has 1 aliphatic heterocycles. The third-order valence-corrected chi connectivity index (χ3v) is 4.94. The van der Waals surface area contributed by atoms with E-state index in [0.29, 0.717) is 23.2 Å². The monoisotopic (exact) mass is 398 g/mol. The summed E-state index contributed by atoms with van der Waals surface area (Å²) in [5.41, 5.74) is 1.56. The molecule has 1 amide bonds. The van der Waals surface area contributed by atoms with E-state index in [2.05, 4.69) is 35.9 Å². The molecule has 4 rings (SSSR count). The number of benzene rings is 1. The zero-order valence-corrected chi connectivity index (χ0v) is 16.0. The fraction of sp³-hybridized carbons (Fsp3) is 0.333. The van der Waals surface area contributed by atoms with Crippen LogP contribution in [0, 0.1) is 5.92 Å². The second-order valence-corrected chi connectivity index (χ2v) is 7.08. The third kappa shape index (κ3) is 3.94. The molecule has 1 atom stereocenters. The molecule has 0 unspecified atom stereocenters. The molecule has 1 aliphatic rings. The third-order valence-electron chi connectivity index (χ3n) is 4.74. The summed E-state index contributed by atoms with van der Waals surface area (Å²) in [5.74, 6) is 1.23. The van der Waals surface area contributed by atoms with Crippen molar-refractivity contribution in [3.05, 3.63) is 41.6 Å². The van der Waals surface area contributed by atoms with Crippen LogP contribution < -0.4 is 10.2 Å². The van der Waals surface area contributed by atoms with E-state index in [4.69, 9.17) is 11.6 Å². The number of halogens is 1. The van der Waals surface area contributed by atoms with Crippen LogP contribution in [0.3, 0.4) is 0 Å². The van der Waals surface area contributed by atoms with Crippen LogP contribution in [0.2, 0.25) is 5.15 Å². The summed E-state index contributed by atoms with van der Waals surface area (Å²) in [4.78, 5) is 14.9. The first kappa shape index (κ1) is 18.3. The van der Waals surface area contributed by atoms with E-state index in [0.717, 1.165) is 30.8 Å². The van der Waals surface area contributed by atoms with E-state index < -0.39 is 0 Å². The molecule has 144 valence electrons. The highest BCUT2D eigenvalue weighted by Gasteiger charge is 2.27. The number of carbonyl (C=O) groups excluding carboxylic acids is 1. The molecule has 3 heterocycles. The van der Waals surface area contributed by atoms with Crippen molar-refractivity contribution in [2.24, 2.45) is 13.0 Å². The topological polar surface area (TPSA) is 102 Å². The van der Waals surface area contributed by atoms with Gasteiger partial charge >= 0.3 is 0 Å². The Balaban J connectivity index is 1.45. The summed E-state index contributed by atoms with van der Waals surface area (Å²) < 4.78 is 1.59. The van der Waals surface area contributed by atoms with Crippen molar-refractivity contribution in [3.8, 4) is 11.4 Å². The number of amides is 1. The molecule has 9 nitrogen and oxygen atoms in total. The van der Waals surface area contributed by atoms with Gasteiger partial charge in [0.2, 0.25) is 5.91 Å². The fourth-order valence-electron chi connectivity index (χ4n) is 3.33. The van der Waals surface area contributed by atoms with Gasteiger partial charge in [0.25, 0.3) is 0 Å². The standard InChI is InChI=1S/C18H19ClN8O/c1-26-17(23-24-25-26)12-4-2-6-14(10-12)20-18(28)13-5-3-9-27(11-13)16-8-7-15(19)21-22-16/h2,4,6-8,10,13H,3,5,9,11H2,1H3,(H,20,28)/t13-/m0/s1. The normalized spacial score (nSPS) is 16.8. The smallest absolute Gasteiger partial charge is 0.229 e. The SMILES string of the molecule is Cn1nnnc1-c1cccc(NC(=O)[C@H]2CCCN(c3ccc(Cl)nn3)C2)c1. The second kappa shape index (κ2) is 7.89.